The molecule has 0 saturated heterocycles. The van der Waals surface area contributed by atoms with Gasteiger partial charge in [0.15, 0.2) is 5.96 Å². The molecule has 1 fully saturated rings. The van der Waals surface area contributed by atoms with Crippen molar-refractivity contribution in [2.45, 2.75) is 37.6 Å². The van der Waals surface area contributed by atoms with Crippen LogP contribution >= 0.6 is 0 Å². The topological polar surface area (TPSA) is 57.1 Å². The first-order valence-corrected chi connectivity index (χ1v) is 8.55. The van der Waals surface area contributed by atoms with E-state index < -0.39 is 0 Å². The molecule has 0 amide bonds. The summed E-state index contributed by atoms with van der Waals surface area (Å²) >= 11 is 0. The highest BCUT2D eigenvalue weighted by molar-refractivity contribution is 5.91. The minimum Gasteiger partial charge on any atom is -0.497 e. The van der Waals surface area contributed by atoms with E-state index in [1.54, 1.807) is 7.11 Å². The van der Waals surface area contributed by atoms with Crippen LogP contribution in [-0.4, -0.2) is 19.1 Å². The summed E-state index contributed by atoms with van der Waals surface area (Å²) in [6.45, 7) is 0. The number of methoxy groups -OCH3 is 1. The first-order valence-electron chi connectivity index (χ1n) is 8.55. The van der Waals surface area contributed by atoms with E-state index in [0.717, 1.165) is 24.3 Å². The van der Waals surface area contributed by atoms with Gasteiger partial charge < -0.3 is 15.4 Å². The Labute approximate surface area is 143 Å². The van der Waals surface area contributed by atoms with Gasteiger partial charge in [0.1, 0.15) is 5.75 Å². The fourth-order valence-corrected chi connectivity index (χ4v) is 3.36. The fraction of sp³-hybridized carbons (Fsp3) is 0.350. The SMILES string of the molecule is COc1ccc(NC(=N)N[C@H]2CC[C@@H](c3ccccc3)CC2)cc1. The Morgan fingerprint density at radius 3 is 2.25 bits per heavy atom. The molecular weight excluding hydrogens is 298 g/mol. The zero-order valence-electron chi connectivity index (χ0n) is 14.1. The number of hydrogen-bond acceptors (Lipinski definition) is 2. The van der Waals surface area contributed by atoms with Crippen molar-refractivity contribution in [1.29, 1.82) is 5.41 Å². The van der Waals surface area contributed by atoms with Gasteiger partial charge in [0, 0.05) is 11.7 Å². The molecule has 1 aliphatic carbocycles. The summed E-state index contributed by atoms with van der Waals surface area (Å²) in [5.74, 6) is 1.84. The maximum absolute atomic E-state index is 8.12. The van der Waals surface area contributed by atoms with Gasteiger partial charge >= 0.3 is 0 Å². The third kappa shape index (κ3) is 4.28. The molecule has 0 radical (unpaired) electrons. The summed E-state index contributed by atoms with van der Waals surface area (Å²) in [5.41, 5.74) is 2.34. The van der Waals surface area contributed by atoms with Gasteiger partial charge in [-0.3, -0.25) is 5.41 Å². The highest BCUT2D eigenvalue weighted by atomic mass is 16.5. The predicted molar refractivity (Wildman–Crippen MR) is 98.9 cm³/mol. The van der Waals surface area contributed by atoms with Crippen LogP contribution in [0.3, 0.4) is 0 Å². The van der Waals surface area contributed by atoms with Crippen molar-refractivity contribution in [2.24, 2.45) is 0 Å². The number of nitrogens with one attached hydrogen (secondary N) is 3. The van der Waals surface area contributed by atoms with Crippen molar-refractivity contribution in [3.63, 3.8) is 0 Å². The molecule has 0 spiro atoms. The van der Waals surface area contributed by atoms with Gasteiger partial charge in [0.2, 0.25) is 0 Å². The van der Waals surface area contributed by atoms with Gasteiger partial charge in [0.05, 0.1) is 7.11 Å². The van der Waals surface area contributed by atoms with Crippen LogP contribution in [0, 0.1) is 5.41 Å². The minimum atomic E-state index is 0.364. The zero-order chi connectivity index (χ0) is 16.8. The summed E-state index contributed by atoms with van der Waals surface area (Å²) in [6.07, 6.45) is 4.56. The quantitative estimate of drug-likeness (QED) is 0.579. The lowest BCUT2D eigenvalue weighted by atomic mass is 9.82. The van der Waals surface area contributed by atoms with Crippen molar-refractivity contribution in [3.05, 3.63) is 60.2 Å². The molecule has 0 aromatic heterocycles. The molecule has 0 bridgehead atoms. The third-order valence-electron chi connectivity index (χ3n) is 4.71. The smallest absolute Gasteiger partial charge is 0.193 e. The standard InChI is InChI=1S/C20H25N3O/c1-24-19-13-11-18(12-14-19)23-20(21)22-17-9-7-16(8-10-17)15-5-3-2-4-6-15/h2-6,11-14,16-17H,7-10H2,1H3,(H3,21,22,23)/t16-,17+. The molecule has 0 unspecified atom stereocenters. The molecule has 1 saturated carbocycles. The second-order valence-corrected chi connectivity index (χ2v) is 6.33. The van der Waals surface area contributed by atoms with E-state index in [0.29, 0.717) is 17.9 Å². The molecule has 3 rings (SSSR count). The lowest BCUT2D eigenvalue weighted by molar-refractivity contribution is 0.373. The molecule has 126 valence electrons. The summed E-state index contributed by atoms with van der Waals surface area (Å²) in [4.78, 5) is 0. The number of guanidine groups is 1. The molecule has 3 N–H and O–H groups in total. The van der Waals surface area contributed by atoms with Crippen molar-refractivity contribution in [3.8, 4) is 5.75 Å². The first kappa shape index (κ1) is 16.4. The van der Waals surface area contributed by atoms with Crippen LogP contribution in [0.2, 0.25) is 0 Å². The average Bonchev–Trinajstić information content (AvgIpc) is 2.64. The summed E-state index contributed by atoms with van der Waals surface area (Å²) in [5, 5.41) is 14.5. The van der Waals surface area contributed by atoms with E-state index in [9.17, 15) is 0 Å². The Morgan fingerprint density at radius 1 is 0.958 bits per heavy atom. The van der Waals surface area contributed by atoms with Crippen LogP contribution in [0.25, 0.3) is 0 Å². The van der Waals surface area contributed by atoms with Crippen molar-refractivity contribution >= 4 is 11.6 Å². The van der Waals surface area contributed by atoms with Crippen LogP contribution < -0.4 is 15.4 Å². The highest BCUT2D eigenvalue weighted by Gasteiger charge is 2.22. The normalized spacial score (nSPS) is 20.2. The van der Waals surface area contributed by atoms with E-state index in [2.05, 4.69) is 41.0 Å². The maximum Gasteiger partial charge on any atom is 0.193 e. The van der Waals surface area contributed by atoms with Crippen molar-refractivity contribution in [1.82, 2.24) is 5.32 Å². The van der Waals surface area contributed by atoms with Gasteiger partial charge in [-0.1, -0.05) is 30.3 Å². The number of ether oxygens (including phenoxy) is 1. The number of benzene rings is 2. The average molecular weight is 323 g/mol. The van der Waals surface area contributed by atoms with Gasteiger partial charge in [-0.15, -0.1) is 0 Å². The summed E-state index contributed by atoms with van der Waals surface area (Å²) < 4.78 is 5.15. The van der Waals surface area contributed by atoms with E-state index in [1.165, 1.54) is 18.4 Å². The van der Waals surface area contributed by atoms with Gasteiger partial charge in [-0.2, -0.15) is 0 Å². The van der Waals surface area contributed by atoms with E-state index in [1.807, 2.05) is 24.3 Å². The monoisotopic (exact) mass is 323 g/mol. The van der Waals surface area contributed by atoms with Gasteiger partial charge in [-0.25, -0.2) is 0 Å². The zero-order valence-corrected chi connectivity index (χ0v) is 14.1. The molecule has 4 nitrogen and oxygen atoms in total. The van der Waals surface area contributed by atoms with Gasteiger partial charge in [0.25, 0.3) is 0 Å². The molecule has 2 aromatic rings. The largest absolute Gasteiger partial charge is 0.497 e. The van der Waals surface area contributed by atoms with Crippen LogP contribution in [0.4, 0.5) is 5.69 Å². The van der Waals surface area contributed by atoms with Crippen LogP contribution in [-0.2, 0) is 0 Å². The van der Waals surface area contributed by atoms with Gasteiger partial charge in [-0.05, 0) is 61.4 Å². The minimum absolute atomic E-state index is 0.364. The van der Waals surface area contributed by atoms with Crippen molar-refractivity contribution in [2.75, 3.05) is 12.4 Å². The summed E-state index contributed by atoms with van der Waals surface area (Å²) in [6, 6.07) is 18.8. The second-order valence-electron chi connectivity index (χ2n) is 6.33. The van der Waals surface area contributed by atoms with E-state index in [4.69, 9.17) is 10.1 Å². The summed E-state index contributed by atoms with van der Waals surface area (Å²) in [7, 11) is 1.65. The highest BCUT2D eigenvalue weighted by Crippen LogP contribution is 2.32. The molecule has 2 aromatic carbocycles. The molecule has 0 atom stereocenters. The fourth-order valence-electron chi connectivity index (χ4n) is 3.36. The number of anilines is 1. The second kappa shape index (κ2) is 7.86. The van der Waals surface area contributed by atoms with Crippen LogP contribution in [0.15, 0.2) is 54.6 Å². The molecular formula is C20H25N3O. The molecule has 4 heteroatoms. The Morgan fingerprint density at radius 2 is 1.62 bits per heavy atom. The Balaban J connectivity index is 1.46. The Bertz CT molecular complexity index is 646. The maximum atomic E-state index is 8.12. The first-order chi connectivity index (χ1) is 11.7. The van der Waals surface area contributed by atoms with Crippen molar-refractivity contribution < 1.29 is 4.74 Å². The van der Waals surface area contributed by atoms with Crippen LogP contribution in [0.1, 0.15) is 37.2 Å². The molecule has 0 heterocycles. The Kier molecular flexibility index (Phi) is 5.36. The lowest BCUT2D eigenvalue weighted by Crippen LogP contribution is -2.40. The lowest BCUT2D eigenvalue weighted by Gasteiger charge is -2.30. The number of rotatable bonds is 4. The molecule has 1 aliphatic rings. The predicted octanol–water partition coefficient (Wildman–Crippen LogP) is 4.36. The van der Waals surface area contributed by atoms with E-state index in [-0.39, 0.29) is 0 Å². The third-order valence-corrected chi connectivity index (χ3v) is 4.71. The molecule has 24 heavy (non-hydrogen) atoms. The van der Waals surface area contributed by atoms with E-state index >= 15 is 0 Å². The Hall–Kier alpha value is -2.49. The van der Waals surface area contributed by atoms with Crippen LogP contribution in [0.5, 0.6) is 5.75 Å². The molecule has 0 aliphatic heterocycles. The number of hydrogen-bond donors (Lipinski definition) is 3.